The Morgan fingerprint density at radius 2 is 1.00 bits per heavy atom. The molecule has 0 aromatic heterocycles. The predicted octanol–water partition coefficient (Wildman–Crippen LogP) is -0.712. The van der Waals surface area contributed by atoms with Crippen LogP contribution in [0.15, 0.2) is 0 Å². The Labute approximate surface area is 105 Å². The molecule has 4 heteroatoms. The van der Waals surface area contributed by atoms with E-state index in [1.165, 1.54) is 0 Å². The summed E-state index contributed by atoms with van der Waals surface area (Å²) in [5.74, 6) is 0. The van der Waals surface area contributed by atoms with Gasteiger partial charge in [-0.1, -0.05) is 0 Å². The van der Waals surface area contributed by atoms with Gasteiger partial charge in [0, 0.05) is 89.3 Å². The van der Waals surface area contributed by atoms with Gasteiger partial charge in [0.25, 0.3) is 0 Å². The van der Waals surface area contributed by atoms with Gasteiger partial charge in [-0.3, -0.25) is 0 Å². The molecule has 0 saturated carbocycles. The number of hydrogen-bond donors (Lipinski definition) is 0. The van der Waals surface area contributed by atoms with Crippen molar-refractivity contribution in [3.05, 3.63) is 0 Å². The molecular weight excluding hydrogens is 357 g/mol. The minimum Gasteiger partial charge on any atom is -0.412 e. The summed E-state index contributed by atoms with van der Waals surface area (Å²) in [6.45, 7) is 0. The zero-order valence-corrected chi connectivity index (χ0v) is 7.43. The summed E-state index contributed by atoms with van der Waals surface area (Å²) in [4.78, 5) is 0. The Hall–Kier alpha value is 3.22. The molecule has 0 amide bonds. The molecule has 0 aliphatic rings. The molecule has 0 unspecified atom stereocenters. The molecule has 0 aliphatic heterocycles. The second-order valence-corrected chi connectivity index (χ2v) is 0. The Morgan fingerprint density at radius 3 is 1.00 bits per heavy atom. The van der Waals surface area contributed by atoms with Gasteiger partial charge in [-0.2, -0.15) is 13.5 Å². The van der Waals surface area contributed by atoms with E-state index in [0.717, 1.165) is 0 Å². The van der Waals surface area contributed by atoms with Crippen molar-refractivity contribution in [2.24, 2.45) is 0 Å². The fraction of sp³-hybridized carbons (Fsp3) is 0. The third kappa shape index (κ3) is 8.97. The van der Waals surface area contributed by atoms with Crippen LogP contribution in [0.2, 0.25) is 0 Å². The van der Waals surface area contributed by atoms with Gasteiger partial charge in [-0.25, -0.2) is 0 Å². The molecule has 0 saturated heterocycles. The summed E-state index contributed by atoms with van der Waals surface area (Å²) < 4.78 is 0. The summed E-state index contributed by atoms with van der Waals surface area (Å²) in [5.41, 5.74) is 0. The average Bonchev–Trinajstić information content (AvgIpc) is 0. The van der Waals surface area contributed by atoms with Crippen molar-refractivity contribution in [1.82, 2.24) is 0 Å². The van der Waals surface area contributed by atoms with E-state index in [9.17, 15) is 0 Å². The van der Waals surface area contributed by atoms with Crippen LogP contribution < -0.4 is 0 Å². The molecular formula is H4EuGdOS. The van der Waals surface area contributed by atoms with Crippen LogP contribution in [0, 0.1) is 89.3 Å². The van der Waals surface area contributed by atoms with Gasteiger partial charge in [-0.05, 0) is 0 Å². The number of rotatable bonds is 0. The Balaban J connectivity index is 0. The van der Waals surface area contributed by atoms with E-state index in [2.05, 4.69) is 0 Å². The first-order chi connectivity index (χ1) is 0. The molecule has 0 aromatic rings. The van der Waals surface area contributed by atoms with Crippen LogP contribution in [0.3, 0.4) is 0 Å². The molecule has 0 heterocycles. The van der Waals surface area contributed by atoms with Crippen molar-refractivity contribution in [3.8, 4) is 0 Å². The molecule has 0 fully saturated rings. The second-order valence-electron chi connectivity index (χ2n) is 0. The van der Waals surface area contributed by atoms with Crippen LogP contribution in [0.5, 0.6) is 0 Å². The largest absolute Gasteiger partial charge is 0.412 e. The smallest absolute Gasteiger partial charge is 0 e. The maximum atomic E-state index is 0. The van der Waals surface area contributed by atoms with E-state index in [-0.39, 0.29) is 108 Å². The van der Waals surface area contributed by atoms with Crippen LogP contribution in [0.25, 0.3) is 0 Å². The Kier molecular flexibility index (Phi) is 110. The molecule has 31 valence electrons. The van der Waals surface area contributed by atoms with Gasteiger partial charge in [0.2, 0.25) is 0 Å². The quantitative estimate of drug-likeness (QED) is 0.546. The van der Waals surface area contributed by atoms with Gasteiger partial charge in [-0.15, -0.1) is 0 Å². The van der Waals surface area contributed by atoms with Crippen molar-refractivity contribution in [1.29, 1.82) is 0 Å². The van der Waals surface area contributed by atoms with Gasteiger partial charge in [0.05, 0.1) is 0 Å². The normalized spacial score (nSPS) is 0. The molecule has 0 aliphatic carbocycles. The SMILES string of the molecule is O.S.[Eu].[Gd]. The van der Waals surface area contributed by atoms with E-state index in [1.807, 2.05) is 0 Å². The molecule has 0 spiro atoms. The molecule has 1 nitrogen and oxygen atoms in total. The van der Waals surface area contributed by atoms with Crippen molar-refractivity contribution in [2.75, 3.05) is 0 Å². The third-order valence-electron chi connectivity index (χ3n) is 0. The standard InChI is InChI=1S/Eu.Gd.H2O.H2S/h;;2*1H2. The van der Waals surface area contributed by atoms with Crippen LogP contribution in [-0.4, -0.2) is 5.48 Å². The fourth-order valence-corrected chi connectivity index (χ4v) is 0. The average molecular weight is 361 g/mol. The number of hydrogen-bond acceptors (Lipinski definition) is 0. The van der Waals surface area contributed by atoms with Crippen LogP contribution in [0.4, 0.5) is 0 Å². The van der Waals surface area contributed by atoms with Gasteiger partial charge in [0.15, 0.2) is 0 Å². The van der Waals surface area contributed by atoms with E-state index < -0.39 is 0 Å². The first-order valence-corrected chi connectivity index (χ1v) is 0. The first kappa shape index (κ1) is 26.9. The first-order valence-electron chi connectivity index (χ1n) is 0. The summed E-state index contributed by atoms with van der Waals surface area (Å²) in [5, 5.41) is 0. The fourth-order valence-electron chi connectivity index (χ4n) is 0. The Morgan fingerprint density at radius 1 is 1.00 bits per heavy atom. The second kappa shape index (κ2) is 16.3. The van der Waals surface area contributed by atoms with Crippen LogP contribution in [0.1, 0.15) is 0 Å². The van der Waals surface area contributed by atoms with Crippen LogP contribution >= 0.6 is 13.5 Å². The van der Waals surface area contributed by atoms with E-state index >= 15 is 0 Å². The maximum absolute atomic E-state index is 0. The molecule has 2 N–H and O–H groups in total. The van der Waals surface area contributed by atoms with Crippen molar-refractivity contribution in [2.45, 2.75) is 0 Å². The van der Waals surface area contributed by atoms with E-state index in [1.54, 1.807) is 0 Å². The summed E-state index contributed by atoms with van der Waals surface area (Å²) >= 11 is 0. The van der Waals surface area contributed by atoms with Crippen LogP contribution in [-0.2, 0) is 0 Å². The molecule has 1 radical (unpaired) electrons. The molecule has 0 atom stereocenters. The minimum absolute atomic E-state index is 0. The molecule has 0 bridgehead atoms. The predicted molar refractivity (Wildman–Crippen MR) is 14.0 cm³/mol. The third-order valence-corrected chi connectivity index (χ3v) is 0. The van der Waals surface area contributed by atoms with Gasteiger partial charge in [0.1, 0.15) is 0 Å². The van der Waals surface area contributed by atoms with Crippen molar-refractivity contribution >= 4 is 13.5 Å². The Bertz CT molecular complexity index is 8.00. The zero-order chi connectivity index (χ0) is 0. The van der Waals surface area contributed by atoms with Crippen molar-refractivity contribution < 1.29 is 94.8 Å². The minimum atomic E-state index is 0. The maximum Gasteiger partial charge on any atom is 0 e. The van der Waals surface area contributed by atoms with Gasteiger partial charge >= 0.3 is 0 Å². The van der Waals surface area contributed by atoms with Gasteiger partial charge < -0.3 is 5.48 Å². The van der Waals surface area contributed by atoms with Crippen molar-refractivity contribution in [3.63, 3.8) is 0 Å². The monoisotopic (exact) mass is 363 g/mol. The summed E-state index contributed by atoms with van der Waals surface area (Å²) in [6.07, 6.45) is 0. The molecule has 0 aromatic carbocycles. The molecule has 0 rings (SSSR count). The molecule has 4 heavy (non-hydrogen) atoms. The van der Waals surface area contributed by atoms with E-state index in [0.29, 0.717) is 0 Å². The summed E-state index contributed by atoms with van der Waals surface area (Å²) in [7, 11) is 0. The zero-order valence-electron chi connectivity index (χ0n) is 1.73. The summed E-state index contributed by atoms with van der Waals surface area (Å²) in [6, 6.07) is 0. The topological polar surface area (TPSA) is 31.5 Å². The van der Waals surface area contributed by atoms with E-state index in [4.69, 9.17) is 0 Å².